The summed E-state index contributed by atoms with van der Waals surface area (Å²) in [6.45, 7) is 0.174. The molecule has 1 aliphatic heterocycles. The summed E-state index contributed by atoms with van der Waals surface area (Å²) in [7, 11) is 0. The Kier molecular flexibility index (Phi) is 4.57. The van der Waals surface area contributed by atoms with Gasteiger partial charge in [0.05, 0.1) is 0 Å². The summed E-state index contributed by atoms with van der Waals surface area (Å²) in [5, 5.41) is 13.0. The highest BCUT2D eigenvalue weighted by atomic mass is 16.4. The van der Waals surface area contributed by atoms with Crippen LogP contribution in [0.5, 0.6) is 0 Å². The van der Waals surface area contributed by atoms with Gasteiger partial charge in [-0.2, -0.15) is 0 Å². The smallest absolute Gasteiger partial charge is 0.326 e. The number of carbonyl (C=O) groups is 3. The molecular formula is C21H19N3O4. The number of para-hydroxylation sites is 1. The van der Waals surface area contributed by atoms with Gasteiger partial charge in [-0.05, 0) is 23.3 Å². The highest BCUT2D eigenvalue weighted by Crippen LogP contribution is 2.22. The van der Waals surface area contributed by atoms with Crippen molar-refractivity contribution in [2.45, 2.75) is 19.0 Å². The van der Waals surface area contributed by atoms with Gasteiger partial charge in [0.25, 0.3) is 5.91 Å². The third-order valence-electron chi connectivity index (χ3n) is 4.96. The van der Waals surface area contributed by atoms with Gasteiger partial charge >= 0.3 is 5.97 Å². The van der Waals surface area contributed by atoms with Crippen molar-refractivity contribution < 1.29 is 19.5 Å². The molecule has 142 valence electrons. The van der Waals surface area contributed by atoms with E-state index in [0.717, 1.165) is 22.0 Å². The van der Waals surface area contributed by atoms with E-state index in [0.29, 0.717) is 12.1 Å². The number of H-pyrrole nitrogens is 1. The van der Waals surface area contributed by atoms with E-state index in [9.17, 15) is 19.5 Å². The Hall–Kier alpha value is -3.61. The maximum absolute atomic E-state index is 12.4. The van der Waals surface area contributed by atoms with Crippen molar-refractivity contribution >= 4 is 28.7 Å². The second-order valence-corrected chi connectivity index (χ2v) is 6.84. The Labute approximate surface area is 161 Å². The first-order valence-electron chi connectivity index (χ1n) is 8.97. The summed E-state index contributed by atoms with van der Waals surface area (Å²) in [6, 6.07) is 13.7. The summed E-state index contributed by atoms with van der Waals surface area (Å²) in [5.41, 5.74) is 3.18. The first-order valence-corrected chi connectivity index (χ1v) is 8.97. The Balaban J connectivity index is 1.43. The number of benzene rings is 2. The molecule has 0 aliphatic carbocycles. The lowest BCUT2D eigenvalue weighted by Crippen LogP contribution is -2.46. The Morgan fingerprint density at radius 1 is 1.14 bits per heavy atom. The molecule has 0 saturated carbocycles. The number of hydrogen-bond acceptors (Lipinski definition) is 3. The molecule has 0 radical (unpaired) electrons. The molecule has 2 amide bonds. The fourth-order valence-electron chi connectivity index (χ4n) is 3.58. The van der Waals surface area contributed by atoms with Gasteiger partial charge in [0.1, 0.15) is 12.6 Å². The fraction of sp³-hybridized carbons (Fsp3) is 0.190. The molecule has 0 bridgehead atoms. The normalized spacial score (nSPS) is 14.1. The van der Waals surface area contributed by atoms with Crippen LogP contribution in [-0.4, -0.2) is 45.4 Å². The molecule has 0 spiro atoms. The van der Waals surface area contributed by atoms with E-state index in [1.807, 2.05) is 36.4 Å². The molecule has 3 aromatic rings. The average Bonchev–Trinajstić information content (AvgIpc) is 3.23. The number of carboxylic acids is 1. The van der Waals surface area contributed by atoms with Crippen LogP contribution >= 0.6 is 0 Å². The van der Waals surface area contributed by atoms with Crippen LogP contribution in [0.25, 0.3) is 10.9 Å². The zero-order valence-corrected chi connectivity index (χ0v) is 15.0. The molecule has 0 fully saturated rings. The third kappa shape index (κ3) is 3.34. The van der Waals surface area contributed by atoms with E-state index in [-0.39, 0.29) is 18.9 Å². The molecule has 2 aromatic carbocycles. The summed E-state index contributed by atoms with van der Waals surface area (Å²) in [4.78, 5) is 41.0. The van der Waals surface area contributed by atoms with Crippen LogP contribution in [0.15, 0.2) is 54.7 Å². The van der Waals surface area contributed by atoms with E-state index in [2.05, 4.69) is 10.3 Å². The van der Waals surface area contributed by atoms with Gasteiger partial charge in [-0.15, -0.1) is 0 Å². The molecule has 0 saturated heterocycles. The Morgan fingerprint density at radius 2 is 1.89 bits per heavy atom. The molecule has 28 heavy (non-hydrogen) atoms. The first-order chi connectivity index (χ1) is 13.5. The van der Waals surface area contributed by atoms with Crippen molar-refractivity contribution in [3.8, 4) is 0 Å². The number of nitrogens with one attached hydrogen (secondary N) is 2. The minimum atomic E-state index is -1.12. The summed E-state index contributed by atoms with van der Waals surface area (Å²) < 4.78 is 0. The number of hydrogen-bond donors (Lipinski definition) is 3. The van der Waals surface area contributed by atoms with Gasteiger partial charge in [0, 0.05) is 35.6 Å². The van der Waals surface area contributed by atoms with Crippen LogP contribution in [0, 0.1) is 0 Å². The minimum Gasteiger partial charge on any atom is -0.480 e. The van der Waals surface area contributed by atoms with Crippen LogP contribution in [0.2, 0.25) is 0 Å². The highest BCUT2D eigenvalue weighted by molar-refractivity contribution is 6.00. The second kappa shape index (κ2) is 7.19. The lowest BCUT2D eigenvalue weighted by Gasteiger charge is -2.18. The molecule has 7 nitrogen and oxygen atoms in total. The van der Waals surface area contributed by atoms with E-state index < -0.39 is 17.9 Å². The van der Waals surface area contributed by atoms with Crippen molar-refractivity contribution in [3.63, 3.8) is 0 Å². The minimum absolute atomic E-state index is 0.152. The maximum atomic E-state index is 12.4. The quantitative estimate of drug-likeness (QED) is 0.611. The van der Waals surface area contributed by atoms with Gasteiger partial charge < -0.3 is 20.3 Å². The molecule has 3 N–H and O–H groups in total. The second-order valence-electron chi connectivity index (χ2n) is 6.84. The molecule has 7 heteroatoms. The number of aromatic nitrogens is 1. The molecule has 1 aliphatic rings. The lowest BCUT2D eigenvalue weighted by molar-refractivity contribution is -0.141. The van der Waals surface area contributed by atoms with Crippen molar-refractivity contribution in [2.24, 2.45) is 0 Å². The first kappa shape index (κ1) is 17.8. The summed E-state index contributed by atoms with van der Waals surface area (Å²) >= 11 is 0. The molecule has 4 rings (SSSR count). The van der Waals surface area contributed by atoms with Crippen LogP contribution < -0.4 is 5.32 Å². The van der Waals surface area contributed by atoms with Crippen LogP contribution in [0.1, 0.15) is 21.5 Å². The fourth-order valence-corrected chi connectivity index (χ4v) is 3.58. The number of aromatic amines is 1. The Morgan fingerprint density at radius 3 is 2.68 bits per heavy atom. The van der Waals surface area contributed by atoms with Crippen molar-refractivity contribution in [3.05, 3.63) is 71.4 Å². The molecule has 1 atom stereocenters. The van der Waals surface area contributed by atoms with Crippen molar-refractivity contribution in [1.29, 1.82) is 0 Å². The topological polar surface area (TPSA) is 103 Å². The van der Waals surface area contributed by atoms with E-state index in [1.54, 1.807) is 18.3 Å². The van der Waals surface area contributed by atoms with Crippen molar-refractivity contribution in [1.82, 2.24) is 15.2 Å². The number of carboxylic acid groups (broad SMARTS) is 1. The predicted octanol–water partition coefficient (Wildman–Crippen LogP) is 1.94. The van der Waals surface area contributed by atoms with Crippen LogP contribution in [0.4, 0.5) is 0 Å². The SMILES string of the molecule is O=C(CN1Cc2ccccc2C1=O)NC(Cc1c[nH]c2ccccc12)C(=O)O. The average molecular weight is 377 g/mol. The van der Waals surface area contributed by atoms with E-state index in [1.165, 1.54) is 4.90 Å². The third-order valence-corrected chi connectivity index (χ3v) is 4.96. The van der Waals surface area contributed by atoms with Gasteiger partial charge in [-0.25, -0.2) is 4.79 Å². The zero-order chi connectivity index (χ0) is 19.7. The molecule has 1 aromatic heterocycles. The van der Waals surface area contributed by atoms with Gasteiger partial charge in [0.2, 0.25) is 5.91 Å². The van der Waals surface area contributed by atoms with Crippen LogP contribution in [-0.2, 0) is 22.6 Å². The number of amides is 2. The number of rotatable bonds is 6. The summed E-state index contributed by atoms with van der Waals surface area (Å²) in [5.74, 6) is -1.82. The molecular weight excluding hydrogens is 358 g/mol. The highest BCUT2D eigenvalue weighted by Gasteiger charge is 2.29. The number of aliphatic carboxylic acids is 1. The zero-order valence-electron chi connectivity index (χ0n) is 15.0. The van der Waals surface area contributed by atoms with Crippen molar-refractivity contribution in [2.75, 3.05) is 6.54 Å². The number of fused-ring (bicyclic) bond motifs is 2. The van der Waals surface area contributed by atoms with E-state index in [4.69, 9.17) is 0 Å². The van der Waals surface area contributed by atoms with Gasteiger partial charge in [-0.3, -0.25) is 9.59 Å². The molecule has 1 unspecified atom stereocenters. The maximum Gasteiger partial charge on any atom is 0.326 e. The van der Waals surface area contributed by atoms with Gasteiger partial charge in [0.15, 0.2) is 0 Å². The number of carbonyl (C=O) groups excluding carboxylic acids is 2. The van der Waals surface area contributed by atoms with Crippen LogP contribution in [0.3, 0.4) is 0 Å². The molecule has 2 heterocycles. The number of nitrogens with zero attached hydrogens (tertiary/aromatic N) is 1. The predicted molar refractivity (Wildman–Crippen MR) is 103 cm³/mol. The monoisotopic (exact) mass is 377 g/mol. The summed E-state index contributed by atoms with van der Waals surface area (Å²) in [6.07, 6.45) is 1.91. The lowest BCUT2D eigenvalue weighted by atomic mass is 10.0. The van der Waals surface area contributed by atoms with Gasteiger partial charge in [-0.1, -0.05) is 36.4 Å². The van der Waals surface area contributed by atoms with E-state index >= 15 is 0 Å². The largest absolute Gasteiger partial charge is 0.480 e. The Bertz CT molecular complexity index is 1070. The standard InChI is InChI=1S/C21H19N3O4/c25-19(12-24-11-13-5-1-2-7-16(13)20(24)26)23-18(21(27)28)9-14-10-22-17-8-4-3-6-15(14)17/h1-8,10,18,22H,9,11-12H2,(H,23,25)(H,27,28).